The van der Waals surface area contributed by atoms with Gasteiger partial charge in [-0.25, -0.2) is 8.78 Å². The number of nitrogens with zero attached hydrogens (tertiary/aromatic N) is 1. The lowest BCUT2D eigenvalue weighted by Gasteiger charge is -2.32. The Hall–Kier alpha value is -2.85. The average Bonchev–Trinajstić information content (AvgIpc) is 3.03. The number of rotatable bonds is 6. The fraction of sp³-hybridized carbons (Fsp3) is 0.278. The van der Waals surface area contributed by atoms with E-state index in [9.17, 15) is 23.2 Å². The zero-order valence-electron chi connectivity index (χ0n) is 14.7. The molecule has 0 aliphatic carbocycles. The molecule has 1 unspecified atom stereocenters. The van der Waals surface area contributed by atoms with Crippen molar-refractivity contribution >= 4 is 34.7 Å². The number of aryl methyl sites for hydroxylation is 1. The highest BCUT2D eigenvalue weighted by atomic mass is 32.1. The SMILES string of the molecule is Cc1csc2c1N(OCc1c(F)cccc1F)CC(C(=O)NCC(=O)O)C2=O. The second kappa shape index (κ2) is 8.03. The standard InChI is InChI=1S/C18H16F2N2O5S/c1-9-8-28-17-15(9)22(27-7-11-12(19)3-2-4-13(11)20)6-10(16(17)25)18(26)21-5-14(23)24/h2-4,8,10H,5-7H2,1H3,(H,21,26)(H,23,24). The first kappa shape index (κ1) is 19.9. The molecule has 148 valence electrons. The van der Waals surface area contributed by atoms with Gasteiger partial charge >= 0.3 is 5.97 Å². The summed E-state index contributed by atoms with van der Waals surface area (Å²) in [5.74, 6) is -5.19. The number of hydrogen-bond donors (Lipinski definition) is 2. The molecular formula is C18H16F2N2O5S. The second-order valence-electron chi connectivity index (χ2n) is 6.16. The minimum Gasteiger partial charge on any atom is -0.480 e. The summed E-state index contributed by atoms with van der Waals surface area (Å²) in [6.07, 6.45) is 0. The third-order valence-electron chi connectivity index (χ3n) is 4.24. The first-order valence-electron chi connectivity index (χ1n) is 8.24. The first-order valence-corrected chi connectivity index (χ1v) is 9.12. The summed E-state index contributed by atoms with van der Waals surface area (Å²) in [7, 11) is 0. The van der Waals surface area contributed by atoms with Crippen LogP contribution in [0.5, 0.6) is 0 Å². The van der Waals surface area contributed by atoms with E-state index in [2.05, 4.69) is 5.32 Å². The van der Waals surface area contributed by atoms with Crippen LogP contribution >= 0.6 is 11.3 Å². The minimum absolute atomic E-state index is 0.203. The number of benzene rings is 1. The first-order chi connectivity index (χ1) is 13.3. The van der Waals surface area contributed by atoms with Gasteiger partial charge in [-0.2, -0.15) is 0 Å². The van der Waals surface area contributed by atoms with Gasteiger partial charge in [-0.05, 0) is 30.0 Å². The Bertz CT molecular complexity index is 926. The lowest BCUT2D eigenvalue weighted by Crippen LogP contribution is -2.47. The molecule has 1 amide bonds. The number of aliphatic carboxylic acids is 1. The van der Waals surface area contributed by atoms with Crippen LogP contribution in [0.2, 0.25) is 0 Å². The fourth-order valence-corrected chi connectivity index (χ4v) is 3.88. The molecule has 2 aromatic rings. The summed E-state index contributed by atoms with van der Waals surface area (Å²) in [6, 6.07) is 3.44. The van der Waals surface area contributed by atoms with Crippen LogP contribution in [0.1, 0.15) is 20.8 Å². The molecule has 0 saturated heterocycles. The van der Waals surface area contributed by atoms with E-state index in [1.165, 1.54) is 11.1 Å². The largest absolute Gasteiger partial charge is 0.480 e. The van der Waals surface area contributed by atoms with Crippen LogP contribution < -0.4 is 10.4 Å². The maximum absolute atomic E-state index is 13.9. The number of thiophene rings is 1. The van der Waals surface area contributed by atoms with Crippen molar-refractivity contribution in [1.29, 1.82) is 0 Å². The number of ketones is 1. The molecule has 2 N–H and O–H groups in total. The summed E-state index contributed by atoms with van der Waals surface area (Å²) < 4.78 is 27.7. The predicted molar refractivity (Wildman–Crippen MR) is 96.0 cm³/mol. The van der Waals surface area contributed by atoms with Gasteiger partial charge in [-0.1, -0.05) is 6.07 Å². The Morgan fingerprint density at radius 2 is 2.04 bits per heavy atom. The van der Waals surface area contributed by atoms with Crippen molar-refractivity contribution in [2.45, 2.75) is 13.5 Å². The van der Waals surface area contributed by atoms with Crippen molar-refractivity contribution in [2.75, 3.05) is 18.2 Å². The van der Waals surface area contributed by atoms with Gasteiger partial charge in [-0.15, -0.1) is 11.3 Å². The number of carbonyl (C=O) groups is 3. The zero-order valence-corrected chi connectivity index (χ0v) is 15.5. The third kappa shape index (κ3) is 3.87. The number of amides is 1. The van der Waals surface area contributed by atoms with E-state index in [1.807, 2.05) is 0 Å². The number of anilines is 1. The molecule has 0 spiro atoms. The summed E-state index contributed by atoms with van der Waals surface area (Å²) >= 11 is 1.12. The monoisotopic (exact) mass is 410 g/mol. The number of carbonyl (C=O) groups excluding carboxylic acids is 2. The van der Waals surface area contributed by atoms with Crippen LogP contribution in [0.15, 0.2) is 23.6 Å². The molecule has 10 heteroatoms. The van der Waals surface area contributed by atoms with Crippen LogP contribution in [0, 0.1) is 24.5 Å². The van der Waals surface area contributed by atoms with Crippen molar-refractivity contribution in [1.82, 2.24) is 5.32 Å². The van der Waals surface area contributed by atoms with E-state index in [4.69, 9.17) is 9.94 Å². The maximum Gasteiger partial charge on any atom is 0.322 e. The Kier molecular flexibility index (Phi) is 5.71. The fourth-order valence-electron chi connectivity index (χ4n) is 2.84. The molecule has 3 rings (SSSR count). The highest BCUT2D eigenvalue weighted by Gasteiger charge is 2.39. The highest BCUT2D eigenvalue weighted by molar-refractivity contribution is 7.13. The molecule has 0 radical (unpaired) electrons. The molecule has 1 aliphatic rings. The molecule has 1 aromatic carbocycles. The lowest BCUT2D eigenvalue weighted by molar-refractivity contribution is -0.138. The summed E-state index contributed by atoms with van der Waals surface area (Å²) in [4.78, 5) is 41.4. The average molecular weight is 410 g/mol. The van der Waals surface area contributed by atoms with Gasteiger partial charge in [0.2, 0.25) is 5.91 Å². The zero-order chi connectivity index (χ0) is 20.4. The number of nitrogens with one attached hydrogen (secondary N) is 1. The van der Waals surface area contributed by atoms with E-state index < -0.39 is 48.4 Å². The van der Waals surface area contributed by atoms with Gasteiger partial charge < -0.3 is 10.4 Å². The van der Waals surface area contributed by atoms with Gasteiger partial charge in [0.1, 0.15) is 30.7 Å². The van der Waals surface area contributed by atoms with Crippen molar-refractivity contribution in [3.05, 3.63) is 51.2 Å². The molecule has 28 heavy (non-hydrogen) atoms. The highest BCUT2D eigenvalue weighted by Crippen LogP contribution is 2.38. The molecular weight excluding hydrogens is 394 g/mol. The van der Waals surface area contributed by atoms with E-state index in [1.54, 1.807) is 12.3 Å². The number of Topliss-reactive ketones (excluding diaryl/α,β-unsaturated/α-hetero) is 1. The normalized spacial score (nSPS) is 16.0. The van der Waals surface area contributed by atoms with Crippen LogP contribution in [0.3, 0.4) is 0 Å². The molecule has 7 nitrogen and oxygen atoms in total. The smallest absolute Gasteiger partial charge is 0.322 e. The second-order valence-corrected chi connectivity index (χ2v) is 7.04. The predicted octanol–water partition coefficient (Wildman–Crippen LogP) is 2.29. The van der Waals surface area contributed by atoms with E-state index >= 15 is 0 Å². The summed E-state index contributed by atoms with van der Waals surface area (Å²) in [6.45, 7) is 0.476. The third-order valence-corrected chi connectivity index (χ3v) is 5.34. The number of hydrogen-bond acceptors (Lipinski definition) is 6. The molecule has 0 bridgehead atoms. The van der Waals surface area contributed by atoms with Crippen LogP contribution in [0.25, 0.3) is 0 Å². The Morgan fingerprint density at radius 1 is 1.36 bits per heavy atom. The van der Waals surface area contributed by atoms with Gasteiger partial charge in [0.05, 0.1) is 22.7 Å². The molecule has 1 aliphatic heterocycles. The molecule has 1 atom stereocenters. The number of carboxylic acid groups (broad SMARTS) is 1. The van der Waals surface area contributed by atoms with Gasteiger partial charge in [0.15, 0.2) is 5.78 Å². The van der Waals surface area contributed by atoms with E-state index in [-0.39, 0.29) is 17.0 Å². The molecule has 0 fully saturated rings. The number of fused-ring (bicyclic) bond motifs is 1. The van der Waals surface area contributed by atoms with Crippen molar-refractivity contribution in [3.63, 3.8) is 0 Å². The van der Waals surface area contributed by atoms with Crippen molar-refractivity contribution < 1.29 is 33.1 Å². The van der Waals surface area contributed by atoms with Gasteiger partial charge in [0.25, 0.3) is 0 Å². The Morgan fingerprint density at radius 3 is 2.68 bits per heavy atom. The van der Waals surface area contributed by atoms with Gasteiger partial charge in [-0.3, -0.25) is 24.3 Å². The quantitative estimate of drug-likeness (QED) is 0.710. The van der Waals surface area contributed by atoms with Crippen LogP contribution in [-0.4, -0.2) is 35.9 Å². The minimum atomic E-state index is -1.24. The molecule has 1 aromatic heterocycles. The maximum atomic E-state index is 13.9. The summed E-state index contributed by atoms with van der Waals surface area (Å²) in [5, 5.41) is 13.8. The summed E-state index contributed by atoms with van der Waals surface area (Å²) in [5.41, 5.74) is 0.876. The van der Waals surface area contributed by atoms with Crippen LogP contribution in [-0.2, 0) is 21.0 Å². The van der Waals surface area contributed by atoms with Gasteiger partial charge in [0, 0.05) is 0 Å². The molecule has 0 saturated carbocycles. The topological polar surface area (TPSA) is 95.9 Å². The van der Waals surface area contributed by atoms with Crippen LogP contribution in [0.4, 0.5) is 14.5 Å². The number of hydroxylamine groups is 1. The lowest BCUT2D eigenvalue weighted by atomic mass is 9.96. The van der Waals surface area contributed by atoms with E-state index in [0.717, 1.165) is 23.5 Å². The number of carboxylic acids is 1. The number of halogens is 2. The Balaban J connectivity index is 1.84. The Labute approximate surface area is 162 Å². The molecule has 2 heterocycles. The van der Waals surface area contributed by atoms with Crippen molar-refractivity contribution in [3.8, 4) is 0 Å². The van der Waals surface area contributed by atoms with Crippen molar-refractivity contribution in [2.24, 2.45) is 5.92 Å². The van der Waals surface area contributed by atoms with E-state index in [0.29, 0.717) is 11.3 Å².